The van der Waals surface area contributed by atoms with Gasteiger partial charge in [0.2, 0.25) is 5.78 Å². The Morgan fingerprint density at radius 2 is 2.17 bits per heavy atom. The number of hydrogen-bond donors (Lipinski definition) is 0. The molecule has 2 aromatic heterocycles. The molecule has 0 unspecified atom stereocenters. The zero-order valence-corrected chi connectivity index (χ0v) is 11.0. The molecule has 6 nitrogen and oxygen atoms in total. The van der Waals surface area contributed by atoms with Gasteiger partial charge >= 0.3 is 0 Å². The highest BCUT2D eigenvalue weighted by Gasteiger charge is 2.23. The molecule has 0 saturated carbocycles. The van der Waals surface area contributed by atoms with Crippen LogP contribution in [0.4, 0.5) is 0 Å². The van der Waals surface area contributed by atoms with Crippen molar-refractivity contribution in [3.63, 3.8) is 0 Å². The maximum Gasteiger partial charge on any atom is 0.218 e. The molecule has 0 bridgehead atoms. The largest absolute Gasteiger partial charge is 0.493 e. The van der Waals surface area contributed by atoms with Crippen molar-refractivity contribution in [2.75, 3.05) is 7.11 Å². The fourth-order valence-electron chi connectivity index (χ4n) is 1.94. The van der Waals surface area contributed by atoms with Gasteiger partial charge in [0, 0.05) is 20.3 Å². The third-order valence-corrected chi connectivity index (χ3v) is 2.82. The Morgan fingerprint density at radius 3 is 2.78 bits per heavy atom. The normalized spacial score (nSPS) is 10.7. The summed E-state index contributed by atoms with van der Waals surface area (Å²) in [4.78, 5) is 12.5. The van der Waals surface area contributed by atoms with Crippen molar-refractivity contribution in [1.29, 1.82) is 0 Å². The van der Waals surface area contributed by atoms with Crippen molar-refractivity contribution < 1.29 is 9.53 Å². The van der Waals surface area contributed by atoms with Crippen LogP contribution in [-0.4, -0.2) is 32.5 Å². The predicted octanol–water partition coefficient (Wildman–Crippen LogP) is 0.956. The molecule has 0 amide bonds. The second-order valence-electron chi connectivity index (χ2n) is 4.03. The summed E-state index contributed by atoms with van der Waals surface area (Å²) in [6.07, 6.45) is 3.98. The number of methoxy groups -OCH3 is 1. The fourth-order valence-corrected chi connectivity index (χ4v) is 1.94. The van der Waals surface area contributed by atoms with E-state index in [1.54, 1.807) is 25.0 Å². The van der Waals surface area contributed by atoms with Gasteiger partial charge in [-0.15, -0.1) is 0 Å². The third kappa shape index (κ3) is 1.90. The number of rotatable bonds is 4. The third-order valence-electron chi connectivity index (χ3n) is 2.82. The van der Waals surface area contributed by atoms with E-state index in [1.807, 2.05) is 6.92 Å². The van der Waals surface area contributed by atoms with E-state index in [9.17, 15) is 4.79 Å². The van der Waals surface area contributed by atoms with Crippen molar-refractivity contribution >= 4 is 5.78 Å². The van der Waals surface area contributed by atoms with Crippen LogP contribution in [0, 0.1) is 0 Å². The summed E-state index contributed by atoms with van der Waals surface area (Å²) in [6, 6.07) is 0. The highest BCUT2D eigenvalue weighted by atomic mass is 16.5. The first-order valence-corrected chi connectivity index (χ1v) is 5.71. The molecule has 0 fully saturated rings. The number of hydrogen-bond acceptors (Lipinski definition) is 4. The zero-order valence-electron chi connectivity index (χ0n) is 11.0. The van der Waals surface area contributed by atoms with Crippen LogP contribution in [0.2, 0.25) is 0 Å². The number of aromatic nitrogens is 4. The first-order valence-electron chi connectivity index (χ1n) is 5.71. The van der Waals surface area contributed by atoms with Crippen molar-refractivity contribution in [3.8, 4) is 5.75 Å². The lowest BCUT2D eigenvalue weighted by Crippen LogP contribution is -2.10. The number of carbonyl (C=O) groups is 1. The summed E-state index contributed by atoms with van der Waals surface area (Å²) >= 11 is 0. The molecule has 96 valence electrons. The standard InChI is InChI=1S/C12H16N4O2/c1-5-9-8(7-15(2)14-9)12(17)11-10(18-4)6-13-16(11)3/h6-7H,5H2,1-4H3. The predicted molar refractivity (Wildman–Crippen MR) is 65.8 cm³/mol. The van der Waals surface area contributed by atoms with Gasteiger partial charge in [0.25, 0.3) is 0 Å². The zero-order chi connectivity index (χ0) is 13.3. The molecule has 2 aromatic rings. The van der Waals surface area contributed by atoms with E-state index >= 15 is 0 Å². The topological polar surface area (TPSA) is 61.9 Å². The molecule has 0 atom stereocenters. The van der Waals surface area contributed by atoms with E-state index in [0.717, 1.165) is 5.69 Å². The summed E-state index contributed by atoms with van der Waals surface area (Å²) in [5.41, 5.74) is 1.83. The molecule has 0 aromatic carbocycles. The number of ether oxygens (including phenoxy) is 1. The monoisotopic (exact) mass is 248 g/mol. The summed E-state index contributed by atoms with van der Waals surface area (Å²) in [5, 5.41) is 8.31. The van der Waals surface area contributed by atoms with Crippen molar-refractivity contribution in [3.05, 3.63) is 29.3 Å². The quantitative estimate of drug-likeness (QED) is 0.756. The molecule has 0 saturated heterocycles. The average Bonchev–Trinajstić information content (AvgIpc) is 2.91. The van der Waals surface area contributed by atoms with E-state index in [1.165, 1.54) is 18.0 Å². The van der Waals surface area contributed by atoms with E-state index < -0.39 is 0 Å². The van der Waals surface area contributed by atoms with E-state index in [2.05, 4.69) is 10.2 Å². The van der Waals surface area contributed by atoms with Gasteiger partial charge < -0.3 is 4.74 Å². The van der Waals surface area contributed by atoms with Crippen LogP contribution in [-0.2, 0) is 20.5 Å². The molecule has 18 heavy (non-hydrogen) atoms. The maximum absolute atomic E-state index is 12.5. The molecular weight excluding hydrogens is 232 g/mol. The molecule has 2 rings (SSSR count). The average molecular weight is 248 g/mol. The van der Waals surface area contributed by atoms with Gasteiger partial charge in [-0.05, 0) is 6.42 Å². The molecule has 0 aliphatic rings. The molecule has 0 spiro atoms. The smallest absolute Gasteiger partial charge is 0.218 e. The summed E-state index contributed by atoms with van der Waals surface area (Å²) in [6.45, 7) is 1.97. The first-order chi connectivity index (χ1) is 8.58. The van der Waals surface area contributed by atoms with Crippen LogP contribution >= 0.6 is 0 Å². The molecular formula is C12H16N4O2. The van der Waals surface area contributed by atoms with Crippen LogP contribution in [0.5, 0.6) is 5.75 Å². The second kappa shape index (κ2) is 4.64. The SMILES string of the molecule is CCc1nn(C)cc1C(=O)c1c(OC)cnn1C. The fraction of sp³-hybridized carbons (Fsp3) is 0.417. The Balaban J connectivity index is 2.50. The van der Waals surface area contributed by atoms with Crippen LogP contribution in [0.1, 0.15) is 28.7 Å². The minimum absolute atomic E-state index is 0.114. The summed E-state index contributed by atoms with van der Waals surface area (Å²) < 4.78 is 8.33. The first kappa shape index (κ1) is 12.3. The Hall–Kier alpha value is -2.11. The van der Waals surface area contributed by atoms with Gasteiger partial charge in [-0.25, -0.2) is 0 Å². The minimum Gasteiger partial charge on any atom is -0.493 e. The summed E-state index contributed by atoms with van der Waals surface area (Å²) in [7, 11) is 5.05. The van der Waals surface area contributed by atoms with Gasteiger partial charge in [-0.2, -0.15) is 10.2 Å². The lowest BCUT2D eigenvalue weighted by atomic mass is 10.1. The van der Waals surface area contributed by atoms with Crippen LogP contribution in [0.25, 0.3) is 0 Å². The number of nitrogens with zero attached hydrogens (tertiary/aromatic N) is 4. The lowest BCUT2D eigenvalue weighted by molar-refractivity contribution is 0.102. The minimum atomic E-state index is -0.114. The highest BCUT2D eigenvalue weighted by molar-refractivity contribution is 6.10. The van der Waals surface area contributed by atoms with Crippen LogP contribution in [0.15, 0.2) is 12.4 Å². The molecule has 0 radical (unpaired) electrons. The summed E-state index contributed by atoms with van der Waals surface area (Å²) in [5.74, 6) is 0.366. The van der Waals surface area contributed by atoms with Gasteiger partial charge in [0.15, 0.2) is 11.4 Å². The Bertz CT molecular complexity index is 583. The van der Waals surface area contributed by atoms with Crippen molar-refractivity contribution in [1.82, 2.24) is 19.6 Å². The van der Waals surface area contributed by atoms with E-state index in [-0.39, 0.29) is 5.78 Å². The lowest BCUT2D eigenvalue weighted by Gasteiger charge is -2.03. The van der Waals surface area contributed by atoms with Gasteiger partial charge in [-0.3, -0.25) is 14.2 Å². The van der Waals surface area contributed by atoms with Gasteiger partial charge in [0.1, 0.15) is 0 Å². The number of aryl methyl sites for hydroxylation is 3. The molecule has 0 N–H and O–H groups in total. The Morgan fingerprint density at radius 1 is 1.44 bits per heavy atom. The van der Waals surface area contributed by atoms with Gasteiger partial charge in [-0.1, -0.05) is 6.92 Å². The Kier molecular flexibility index (Phi) is 3.18. The number of ketones is 1. The molecule has 6 heteroatoms. The molecule has 2 heterocycles. The van der Waals surface area contributed by atoms with Gasteiger partial charge in [0.05, 0.1) is 24.6 Å². The van der Waals surface area contributed by atoms with Crippen LogP contribution < -0.4 is 4.74 Å². The van der Waals surface area contributed by atoms with Crippen molar-refractivity contribution in [2.45, 2.75) is 13.3 Å². The van der Waals surface area contributed by atoms with Crippen LogP contribution in [0.3, 0.4) is 0 Å². The Labute approximate surface area is 105 Å². The maximum atomic E-state index is 12.5. The van der Waals surface area contributed by atoms with Crippen molar-refractivity contribution in [2.24, 2.45) is 14.1 Å². The van der Waals surface area contributed by atoms with E-state index in [4.69, 9.17) is 4.74 Å². The van der Waals surface area contributed by atoms with E-state index in [0.29, 0.717) is 23.4 Å². The second-order valence-corrected chi connectivity index (χ2v) is 4.03. The molecule has 0 aliphatic carbocycles. The number of carbonyl (C=O) groups excluding carboxylic acids is 1. The molecule has 0 aliphatic heterocycles. The highest BCUT2D eigenvalue weighted by Crippen LogP contribution is 2.22.